The summed E-state index contributed by atoms with van der Waals surface area (Å²) in [6.45, 7) is 5.30. The molecule has 0 radical (unpaired) electrons. The Morgan fingerprint density at radius 1 is 1.05 bits per heavy atom. The SMILES string of the molecule is Cc1cc(Cl)ccc1NC(=O)C(C)(C)Oc1ccc(Cl)cc1. The molecule has 0 aromatic heterocycles. The fraction of sp³-hybridized carbons (Fsp3) is 0.235. The van der Waals surface area contributed by atoms with Crippen LogP contribution in [0.2, 0.25) is 10.0 Å². The highest BCUT2D eigenvalue weighted by Crippen LogP contribution is 2.24. The Kier molecular flexibility index (Phi) is 4.99. The van der Waals surface area contributed by atoms with Gasteiger partial charge in [-0.3, -0.25) is 4.79 Å². The molecule has 0 fully saturated rings. The molecule has 22 heavy (non-hydrogen) atoms. The van der Waals surface area contributed by atoms with Gasteiger partial charge in [0.25, 0.3) is 5.91 Å². The van der Waals surface area contributed by atoms with E-state index in [4.69, 9.17) is 27.9 Å². The number of anilines is 1. The van der Waals surface area contributed by atoms with E-state index in [0.717, 1.165) is 5.56 Å². The molecule has 0 aliphatic rings. The van der Waals surface area contributed by atoms with Gasteiger partial charge in [-0.1, -0.05) is 23.2 Å². The molecule has 0 aliphatic heterocycles. The van der Waals surface area contributed by atoms with E-state index in [9.17, 15) is 4.79 Å². The van der Waals surface area contributed by atoms with Crippen LogP contribution in [0.25, 0.3) is 0 Å². The quantitative estimate of drug-likeness (QED) is 0.842. The molecule has 0 unspecified atom stereocenters. The zero-order valence-corrected chi connectivity index (χ0v) is 14.1. The van der Waals surface area contributed by atoms with Crippen molar-refractivity contribution < 1.29 is 9.53 Å². The molecule has 0 bridgehead atoms. The van der Waals surface area contributed by atoms with Gasteiger partial charge in [-0.05, 0) is 68.8 Å². The van der Waals surface area contributed by atoms with Gasteiger partial charge < -0.3 is 10.1 Å². The Labute approximate surface area is 140 Å². The minimum Gasteiger partial charge on any atom is -0.478 e. The van der Waals surface area contributed by atoms with E-state index in [0.29, 0.717) is 21.5 Å². The van der Waals surface area contributed by atoms with Crippen molar-refractivity contribution in [2.75, 3.05) is 5.32 Å². The maximum absolute atomic E-state index is 12.4. The Morgan fingerprint density at radius 2 is 1.64 bits per heavy atom. The van der Waals surface area contributed by atoms with Crippen LogP contribution >= 0.6 is 23.2 Å². The van der Waals surface area contributed by atoms with E-state index >= 15 is 0 Å². The number of rotatable bonds is 4. The summed E-state index contributed by atoms with van der Waals surface area (Å²) in [5.74, 6) is 0.338. The summed E-state index contributed by atoms with van der Waals surface area (Å²) in [7, 11) is 0. The summed E-state index contributed by atoms with van der Waals surface area (Å²) in [5.41, 5.74) is 0.574. The van der Waals surface area contributed by atoms with Crippen LogP contribution in [0.1, 0.15) is 19.4 Å². The fourth-order valence-electron chi connectivity index (χ4n) is 1.88. The second-order valence-electron chi connectivity index (χ2n) is 5.48. The minimum absolute atomic E-state index is 0.243. The van der Waals surface area contributed by atoms with E-state index in [1.807, 2.05) is 6.92 Å². The molecule has 5 heteroatoms. The maximum Gasteiger partial charge on any atom is 0.267 e. The van der Waals surface area contributed by atoms with E-state index in [1.165, 1.54) is 0 Å². The zero-order chi connectivity index (χ0) is 16.3. The number of hydrogen-bond donors (Lipinski definition) is 1. The van der Waals surface area contributed by atoms with Crippen LogP contribution in [0.3, 0.4) is 0 Å². The van der Waals surface area contributed by atoms with Crippen LogP contribution in [0, 0.1) is 6.92 Å². The molecular formula is C17H17Cl2NO2. The number of halogens is 2. The van der Waals surface area contributed by atoms with E-state index < -0.39 is 5.60 Å². The normalized spacial score (nSPS) is 11.1. The van der Waals surface area contributed by atoms with E-state index in [2.05, 4.69) is 5.32 Å². The van der Waals surface area contributed by atoms with Crippen molar-refractivity contribution >= 4 is 34.8 Å². The smallest absolute Gasteiger partial charge is 0.267 e. The van der Waals surface area contributed by atoms with Crippen molar-refractivity contribution in [1.82, 2.24) is 0 Å². The number of ether oxygens (including phenoxy) is 1. The highest BCUT2D eigenvalue weighted by Gasteiger charge is 2.30. The molecule has 0 saturated carbocycles. The molecular weight excluding hydrogens is 321 g/mol. The third-order valence-corrected chi connectivity index (χ3v) is 3.66. The average Bonchev–Trinajstić information content (AvgIpc) is 2.44. The molecule has 0 atom stereocenters. The van der Waals surface area contributed by atoms with Crippen molar-refractivity contribution in [3.63, 3.8) is 0 Å². The number of amides is 1. The molecule has 0 spiro atoms. The first-order valence-electron chi connectivity index (χ1n) is 6.80. The van der Waals surface area contributed by atoms with Crippen LogP contribution < -0.4 is 10.1 Å². The van der Waals surface area contributed by atoms with Crippen LogP contribution in [0.15, 0.2) is 42.5 Å². The van der Waals surface area contributed by atoms with Gasteiger partial charge in [0, 0.05) is 15.7 Å². The number of benzene rings is 2. The summed E-state index contributed by atoms with van der Waals surface area (Å²) >= 11 is 11.8. The van der Waals surface area contributed by atoms with Crippen LogP contribution in [0.5, 0.6) is 5.75 Å². The van der Waals surface area contributed by atoms with Crippen molar-refractivity contribution in [2.24, 2.45) is 0 Å². The molecule has 0 heterocycles. The molecule has 1 amide bonds. The Morgan fingerprint density at radius 3 is 2.23 bits per heavy atom. The van der Waals surface area contributed by atoms with Gasteiger partial charge in [-0.2, -0.15) is 0 Å². The van der Waals surface area contributed by atoms with E-state index in [-0.39, 0.29) is 5.91 Å². The van der Waals surface area contributed by atoms with Crippen molar-refractivity contribution in [3.8, 4) is 5.75 Å². The van der Waals surface area contributed by atoms with Gasteiger partial charge in [-0.15, -0.1) is 0 Å². The highest BCUT2D eigenvalue weighted by molar-refractivity contribution is 6.31. The molecule has 116 valence electrons. The van der Waals surface area contributed by atoms with Gasteiger partial charge in [-0.25, -0.2) is 0 Å². The lowest BCUT2D eigenvalue weighted by Crippen LogP contribution is -2.42. The number of carbonyl (C=O) groups excluding carboxylic acids is 1. The number of hydrogen-bond acceptors (Lipinski definition) is 2. The van der Waals surface area contributed by atoms with Gasteiger partial charge in [0.1, 0.15) is 5.75 Å². The van der Waals surface area contributed by atoms with Gasteiger partial charge in [0.15, 0.2) is 5.60 Å². The summed E-state index contributed by atoms with van der Waals surface area (Å²) in [5, 5.41) is 4.11. The molecule has 3 nitrogen and oxygen atoms in total. The first-order chi connectivity index (χ1) is 10.3. The maximum atomic E-state index is 12.4. The summed E-state index contributed by atoms with van der Waals surface area (Å²) in [4.78, 5) is 12.4. The number of carbonyl (C=O) groups is 1. The predicted octanol–water partition coefficient (Wildman–Crippen LogP) is 5.10. The standard InChI is InChI=1S/C17H17Cl2NO2/c1-11-10-13(19)6-9-15(11)20-16(21)17(2,3)22-14-7-4-12(18)5-8-14/h4-10H,1-3H3,(H,20,21). The second-order valence-corrected chi connectivity index (χ2v) is 6.35. The van der Waals surface area contributed by atoms with Crippen molar-refractivity contribution in [3.05, 3.63) is 58.1 Å². The number of aryl methyl sites for hydroxylation is 1. The Balaban J connectivity index is 2.11. The first-order valence-corrected chi connectivity index (χ1v) is 7.56. The fourth-order valence-corrected chi connectivity index (χ4v) is 2.24. The molecule has 1 N–H and O–H groups in total. The predicted molar refractivity (Wildman–Crippen MR) is 91.0 cm³/mol. The van der Waals surface area contributed by atoms with Crippen molar-refractivity contribution in [2.45, 2.75) is 26.4 Å². The lowest BCUT2D eigenvalue weighted by molar-refractivity contribution is -0.128. The van der Waals surface area contributed by atoms with Crippen LogP contribution in [-0.2, 0) is 4.79 Å². The second kappa shape index (κ2) is 6.59. The summed E-state index contributed by atoms with van der Waals surface area (Å²) in [6, 6.07) is 12.2. The minimum atomic E-state index is -1.03. The Hall–Kier alpha value is -1.71. The van der Waals surface area contributed by atoms with Crippen molar-refractivity contribution in [1.29, 1.82) is 0 Å². The topological polar surface area (TPSA) is 38.3 Å². The first kappa shape index (κ1) is 16.7. The Bertz CT molecular complexity index is 682. The largest absolute Gasteiger partial charge is 0.478 e. The summed E-state index contributed by atoms with van der Waals surface area (Å²) < 4.78 is 5.76. The van der Waals surface area contributed by atoms with Crippen LogP contribution in [0.4, 0.5) is 5.69 Å². The lowest BCUT2D eigenvalue weighted by atomic mass is 10.1. The van der Waals surface area contributed by atoms with E-state index in [1.54, 1.807) is 56.3 Å². The van der Waals surface area contributed by atoms with Gasteiger partial charge >= 0.3 is 0 Å². The van der Waals surface area contributed by atoms with Gasteiger partial charge in [0.2, 0.25) is 0 Å². The lowest BCUT2D eigenvalue weighted by Gasteiger charge is -2.25. The molecule has 2 rings (SSSR count). The highest BCUT2D eigenvalue weighted by atomic mass is 35.5. The van der Waals surface area contributed by atoms with Crippen LogP contribution in [-0.4, -0.2) is 11.5 Å². The molecule has 0 saturated heterocycles. The third-order valence-electron chi connectivity index (χ3n) is 3.17. The molecule has 2 aromatic carbocycles. The van der Waals surface area contributed by atoms with Gasteiger partial charge in [0.05, 0.1) is 0 Å². The average molecular weight is 338 g/mol. The monoisotopic (exact) mass is 337 g/mol. The molecule has 2 aromatic rings. The third kappa shape index (κ3) is 4.15. The zero-order valence-electron chi connectivity index (χ0n) is 12.6. The summed E-state index contributed by atoms with van der Waals surface area (Å²) in [6.07, 6.45) is 0. The number of nitrogens with one attached hydrogen (secondary N) is 1. The molecule has 0 aliphatic carbocycles.